The number of halogens is 1. The standard InChI is InChI=1S/C32H38FN3O8/c1-31(2,3)43-29(38)36-18-26(41-30(39)44-32(4,5)6)27(42-28(37)35-16-21-8-7-9-23(33)14-21)24(36)15-20-10-12-22(13-11-20)25-17-34-19-40-25/h7-14,17,19,24,26-27H,15-16,18H2,1-6H3,(H,35,37)/t24-,26-,27-/m0/s1. The van der Waals surface area contributed by atoms with E-state index in [1.807, 2.05) is 24.3 Å². The molecule has 0 unspecified atom stereocenters. The first-order valence-electron chi connectivity index (χ1n) is 14.2. The van der Waals surface area contributed by atoms with E-state index in [4.69, 9.17) is 23.4 Å². The topological polar surface area (TPSA) is 129 Å². The molecule has 1 fully saturated rings. The van der Waals surface area contributed by atoms with Crippen LogP contribution in [0, 0.1) is 5.82 Å². The number of aromatic nitrogens is 1. The van der Waals surface area contributed by atoms with Gasteiger partial charge in [-0.2, -0.15) is 0 Å². The fraction of sp³-hybridized carbons (Fsp3) is 0.438. The highest BCUT2D eigenvalue weighted by atomic mass is 19.1. The van der Waals surface area contributed by atoms with Crippen LogP contribution in [0.1, 0.15) is 52.7 Å². The van der Waals surface area contributed by atoms with Gasteiger partial charge in [0.1, 0.15) is 17.0 Å². The molecule has 1 aliphatic heterocycles. The highest BCUT2D eigenvalue weighted by Gasteiger charge is 2.50. The molecule has 3 atom stereocenters. The van der Waals surface area contributed by atoms with Gasteiger partial charge in [-0.15, -0.1) is 0 Å². The quantitative estimate of drug-likeness (QED) is 0.243. The Kier molecular flexibility index (Phi) is 9.81. The first-order valence-corrected chi connectivity index (χ1v) is 14.2. The SMILES string of the molecule is CC(C)(C)OC(=O)O[C@H]1CN(C(=O)OC(C)(C)C)[C@@H](Cc2ccc(-c3cnco3)cc2)[C@@H]1OC(=O)NCc1cccc(F)c1. The second-order valence-electron chi connectivity index (χ2n) is 12.4. The van der Waals surface area contributed by atoms with Crippen LogP contribution in [-0.4, -0.2) is 64.2 Å². The van der Waals surface area contributed by atoms with Crippen molar-refractivity contribution < 1.29 is 42.1 Å². The molecule has 2 heterocycles. The van der Waals surface area contributed by atoms with Gasteiger partial charge in [-0.25, -0.2) is 23.8 Å². The van der Waals surface area contributed by atoms with Crippen LogP contribution in [0.25, 0.3) is 11.3 Å². The lowest BCUT2D eigenvalue weighted by molar-refractivity contribution is -0.0518. The number of benzene rings is 2. The summed E-state index contributed by atoms with van der Waals surface area (Å²) in [6, 6.07) is 12.4. The number of nitrogens with zero attached hydrogens (tertiary/aromatic N) is 2. The minimum atomic E-state index is -1.10. The summed E-state index contributed by atoms with van der Waals surface area (Å²) < 4.78 is 41.5. The van der Waals surface area contributed by atoms with Crippen molar-refractivity contribution in [2.75, 3.05) is 6.54 Å². The van der Waals surface area contributed by atoms with Gasteiger partial charge in [-0.1, -0.05) is 36.4 Å². The summed E-state index contributed by atoms with van der Waals surface area (Å²) in [5.74, 6) is 0.150. The lowest BCUT2D eigenvalue weighted by Crippen LogP contribution is -2.46. The number of carbonyl (C=O) groups excluding carboxylic acids is 3. The lowest BCUT2D eigenvalue weighted by Gasteiger charge is -2.30. The average Bonchev–Trinajstić information content (AvgIpc) is 3.56. The Hall–Kier alpha value is -4.61. The third-order valence-electron chi connectivity index (χ3n) is 6.47. The number of carbonyl (C=O) groups is 3. The van der Waals surface area contributed by atoms with Crippen molar-refractivity contribution in [2.24, 2.45) is 0 Å². The van der Waals surface area contributed by atoms with Crippen LogP contribution < -0.4 is 5.32 Å². The molecule has 4 rings (SSSR count). The molecule has 0 radical (unpaired) electrons. The second kappa shape index (κ2) is 13.4. The maximum absolute atomic E-state index is 13.6. The molecule has 0 saturated carbocycles. The van der Waals surface area contributed by atoms with Crippen molar-refractivity contribution in [3.05, 3.63) is 78.1 Å². The van der Waals surface area contributed by atoms with Gasteiger partial charge in [-0.3, -0.25) is 4.90 Å². The molecule has 2 aromatic carbocycles. The van der Waals surface area contributed by atoms with Crippen LogP contribution in [0.4, 0.5) is 18.8 Å². The first kappa shape index (κ1) is 32.3. The Bertz CT molecular complexity index is 1430. The van der Waals surface area contributed by atoms with Gasteiger partial charge >= 0.3 is 18.3 Å². The van der Waals surface area contributed by atoms with Gasteiger partial charge < -0.3 is 28.7 Å². The molecular weight excluding hydrogens is 573 g/mol. The van der Waals surface area contributed by atoms with Crippen LogP contribution in [0.2, 0.25) is 0 Å². The summed E-state index contributed by atoms with van der Waals surface area (Å²) in [4.78, 5) is 44.5. The van der Waals surface area contributed by atoms with E-state index in [1.54, 1.807) is 53.8 Å². The van der Waals surface area contributed by atoms with Gasteiger partial charge in [0.05, 0.1) is 18.8 Å². The summed E-state index contributed by atoms with van der Waals surface area (Å²) >= 11 is 0. The molecule has 0 bridgehead atoms. The number of amides is 2. The number of rotatable bonds is 7. The zero-order chi connectivity index (χ0) is 32.1. The minimum absolute atomic E-state index is 0.00948. The van der Waals surface area contributed by atoms with Crippen LogP contribution in [0.3, 0.4) is 0 Å². The molecular formula is C32H38FN3O8. The Morgan fingerprint density at radius 3 is 2.30 bits per heavy atom. The summed E-state index contributed by atoms with van der Waals surface area (Å²) in [7, 11) is 0. The minimum Gasteiger partial charge on any atom is -0.444 e. The maximum Gasteiger partial charge on any atom is 0.509 e. The van der Waals surface area contributed by atoms with E-state index >= 15 is 0 Å². The largest absolute Gasteiger partial charge is 0.509 e. The molecule has 12 heteroatoms. The predicted octanol–water partition coefficient (Wildman–Crippen LogP) is 6.26. The predicted molar refractivity (Wildman–Crippen MR) is 157 cm³/mol. The van der Waals surface area contributed by atoms with Crippen LogP contribution >= 0.6 is 0 Å². The molecule has 11 nitrogen and oxygen atoms in total. The Balaban J connectivity index is 1.61. The smallest absolute Gasteiger partial charge is 0.444 e. The third kappa shape index (κ3) is 9.19. The number of oxazole rings is 1. The van der Waals surface area contributed by atoms with Gasteiger partial charge in [-0.05, 0) is 71.2 Å². The number of likely N-dealkylation sites (tertiary alicyclic amines) is 1. The average molecular weight is 612 g/mol. The Labute approximate surface area is 255 Å². The monoisotopic (exact) mass is 611 g/mol. The van der Waals surface area contributed by atoms with E-state index in [2.05, 4.69) is 10.3 Å². The molecule has 1 aromatic heterocycles. The Morgan fingerprint density at radius 1 is 0.977 bits per heavy atom. The fourth-order valence-electron chi connectivity index (χ4n) is 4.66. The van der Waals surface area contributed by atoms with Crippen LogP contribution in [0.5, 0.6) is 0 Å². The molecule has 3 aromatic rings. The molecule has 2 amide bonds. The zero-order valence-corrected chi connectivity index (χ0v) is 25.7. The van der Waals surface area contributed by atoms with Crippen molar-refractivity contribution >= 4 is 18.3 Å². The van der Waals surface area contributed by atoms with Crippen LogP contribution in [0.15, 0.2) is 65.5 Å². The van der Waals surface area contributed by atoms with Crippen molar-refractivity contribution in [1.29, 1.82) is 0 Å². The van der Waals surface area contributed by atoms with E-state index < -0.39 is 53.6 Å². The van der Waals surface area contributed by atoms with E-state index in [-0.39, 0.29) is 19.5 Å². The maximum atomic E-state index is 13.6. The molecule has 44 heavy (non-hydrogen) atoms. The second-order valence-corrected chi connectivity index (χ2v) is 12.4. The number of hydrogen-bond acceptors (Lipinski definition) is 9. The zero-order valence-electron chi connectivity index (χ0n) is 25.7. The molecule has 0 spiro atoms. The molecule has 1 saturated heterocycles. The van der Waals surface area contributed by atoms with Crippen molar-refractivity contribution in [3.8, 4) is 11.3 Å². The van der Waals surface area contributed by atoms with E-state index in [0.29, 0.717) is 11.3 Å². The van der Waals surface area contributed by atoms with Gasteiger partial charge in [0.25, 0.3) is 0 Å². The Morgan fingerprint density at radius 2 is 1.68 bits per heavy atom. The molecule has 1 aliphatic rings. The summed E-state index contributed by atoms with van der Waals surface area (Å²) in [5.41, 5.74) is 0.470. The summed E-state index contributed by atoms with van der Waals surface area (Å²) in [6.45, 7) is 10.2. The molecule has 1 N–H and O–H groups in total. The number of alkyl carbamates (subject to hydrolysis) is 1. The van der Waals surface area contributed by atoms with E-state index in [9.17, 15) is 18.8 Å². The molecule has 236 valence electrons. The number of hydrogen-bond donors (Lipinski definition) is 1. The van der Waals surface area contributed by atoms with Crippen LogP contribution in [-0.2, 0) is 31.9 Å². The lowest BCUT2D eigenvalue weighted by atomic mass is 9.99. The van der Waals surface area contributed by atoms with E-state index in [1.165, 1.54) is 29.5 Å². The number of nitrogens with one attached hydrogen (secondary N) is 1. The molecule has 0 aliphatic carbocycles. The van der Waals surface area contributed by atoms with Crippen molar-refractivity contribution in [1.82, 2.24) is 15.2 Å². The highest BCUT2D eigenvalue weighted by molar-refractivity contribution is 5.71. The fourth-order valence-corrected chi connectivity index (χ4v) is 4.66. The van der Waals surface area contributed by atoms with Gasteiger partial charge in [0.15, 0.2) is 24.4 Å². The summed E-state index contributed by atoms with van der Waals surface area (Å²) in [5, 5.41) is 2.60. The van der Waals surface area contributed by atoms with Crippen molar-refractivity contribution in [2.45, 2.75) is 84.0 Å². The first-order chi connectivity index (χ1) is 20.7. The third-order valence-corrected chi connectivity index (χ3v) is 6.47. The van der Waals surface area contributed by atoms with E-state index in [0.717, 1.165) is 11.1 Å². The highest BCUT2D eigenvalue weighted by Crippen LogP contribution is 2.30. The summed E-state index contributed by atoms with van der Waals surface area (Å²) in [6.07, 6.45) is -1.48. The van der Waals surface area contributed by atoms with Gasteiger partial charge in [0.2, 0.25) is 0 Å². The van der Waals surface area contributed by atoms with Crippen molar-refractivity contribution in [3.63, 3.8) is 0 Å². The number of ether oxygens (including phenoxy) is 4. The van der Waals surface area contributed by atoms with Gasteiger partial charge in [0, 0.05) is 12.1 Å². The normalized spacial score (nSPS) is 18.4.